The Morgan fingerprint density at radius 2 is 1.62 bits per heavy atom. The van der Waals surface area contributed by atoms with Gasteiger partial charge in [-0.3, -0.25) is 0 Å². The van der Waals surface area contributed by atoms with Crippen molar-refractivity contribution in [1.29, 1.82) is 0 Å². The van der Waals surface area contributed by atoms with Gasteiger partial charge in [-0.25, -0.2) is 9.78 Å². The van der Waals surface area contributed by atoms with Gasteiger partial charge in [-0.05, 0) is 22.6 Å². The molecule has 0 aliphatic carbocycles. The van der Waals surface area contributed by atoms with Gasteiger partial charge in [-0.15, -0.1) is 0 Å². The van der Waals surface area contributed by atoms with Crippen LogP contribution < -0.4 is 5.69 Å². The zero-order valence-electron chi connectivity index (χ0n) is 12.6. The molecule has 0 N–H and O–H groups in total. The maximum atomic E-state index is 12.4. The second-order valence-corrected chi connectivity index (χ2v) is 5.15. The van der Waals surface area contributed by atoms with Gasteiger partial charge in [0, 0.05) is 5.56 Å². The predicted molar refractivity (Wildman–Crippen MR) is 86.7 cm³/mol. The molecule has 24 heavy (non-hydrogen) atoms. The Labute approximate surface area is 136 Å². The molecular formula is C17H13N5O2. The normalized spacial score (nSPS) is 10.8. The summed E-state index contributed by atoms with van der Waals surface area (Å²) in [6, 6.07) is 18.8. The number of nitrogens with zero attached hydrogens (tertiary/aromatic N) is 5. The number of benzene rings is 2. The van der Waals surface area contributed by atoms with Crippen LogP contribution >= 0.6 is 0 Å². The van der Waals surface area contributed by atoms with Gasteiger partial charge in [-0.2, -0.15) is 9.36 Å². The van der Waals surface area contributed by atoms with Gasteiger partial charge >= 0.3 is 5.69 Å². The molecule has 0 atom stereocenters. The Bertz CT molecular complexity index is 1000. The van der Waals surface area contributed by atoms with Gasteiger partial charge in [0.1, 0.15) is 6.54 Å². The van der Waals surface area contributed by atoms with Gasteiger partial charge in [0.2, 0.25) is 5.89 Å². The monoisotopic (exact) mass is 319 g/mol. The number of para-hydroxylation sites is 1. The molecule has 0 bridgehead atoms. The van der Waals surface area contributed by atoms with Crippen LogP contribution in [0.2, 0.25) is 0 Å². The second-order valence-electron chi connectivity index (χ2n) is 5.15. The lowest BCUT2D eigenvalue weighted by atomic mass is 10.2. The minimum Gasteiger partial charge on any atom is -0.439 e. The fourth-order valence-corrected chi connectivity index (χ4v) is 2.35. The van der Waals surface area contributed by atoms with E-state index in [-0.39, 0.29) is 12.2 Å². The van der Waals surface area contributed by atoms with Crippen molar-refractivity contribution < 1.29 is 4.42 Å². The summed E-state index contributed by atoms with van der Waals surface area (Å²) in [4.78, 5) is 16.6. The Morgan fingerprint density at radius 1 is 0.917 bits per heavy atom. The van der Waals surface area contributed by atoms with Crippen molar-refractivity contribution in [2.75, 3.05) is 0 Å². The molecule has 7 heteroatoms. The van der Waals surface area contributed by atoms with Gasteiger partial charge in [0.05, 0.1) is 11.9 Å². The third kappa shape index (κ3) is 2.63. The zero-order chi connectivity index (χ0) is 16.4. The standard InChI is InChI=1S/C17H13N5O2/c23-17-21(19-20-22(17)14-9-5-2-6-10-14)12-16-18-11-15(24-16)13-7-3-1-4-8-13/h1-11H,12H2. The first-order chi connectivity index (χ1) is 11.8. The van der Waals surface area contributed by atoms with Crippen molar-refractivity contribution in [2.45, 2.75) is 6.54 Å². The number of hydrogen-bond donors (Lipinski definition) is 0. The first-order valence-electron chi connectivity index (χ1n) is 7.39. The summed E-state index contributed by atoms with van der Waals surface area (Å²) >= 11 is 0. The highest BCUT2D eigenvalue weighted by Crippen LogP contribution is 2.19. The fourth-order valence-electron chi connectivity index (χ4n) is 2.35. The van der Waals surface area contributed by atoms with E-state index in [1.54, 1.807) is 18.3 Å². The Balaban J connectivity index is 1.60. The Kier molecular flexibility index (Phi) is 3.51. The molecule has 0 spiro atoms. The van der Waals surface area contributed by atoms with Gasteiger partial charge in [0.15, 0.2) is 5.76 Å². The quantitative estimate of drug-likeness (QED) is 0.576. The average Bonchev–Trinajstić information content (AvgIpc) is 3.25. The molecule has 0 fully saturated rings. The van der Waals surface area contributed by atoms with E-state index in [1.165, 1.54) is 9.36 Å². The number of aromatic nitrogens is 5. The lowest BCUT2D eigenvalue weighted by molar-refractivity contribution is 0.464. The van der Waals surface area contributed by atoms with Crippen LogP contribution in [0.15, 0.2) is 76.1 Å². The molecule has 2 aromatic carbocycles. The molecule has 0 amide bonds. The van der Waals surface area contributed by atoms with E-state index in [0.29, 0.717) is 17.3 Å². The van der Waals surface area contributed by atoms with E-state index >= 15 is 0 Å². The maximum absolute atomic E-state index is 12.4. The van der Waals surface area contributed by atoms with Crippen molar-refractivity contribution in [1.82, 2.24) is 24.8 Å². The summed E-state index contributed by atoms with van der Waals surface area (Å²) in [5.41, 5.74) is 1.24. The summed E-state index contributed by atoms with van der Waals surface area (Å²) in [5, 5.41) is 7.78. The van der Waals surface area contributed by atoms with Crippen LogP contribution in [0.5, 0.6) is 0 Å². The van der Waals surface area contributed by atoms with E-state index in [9.17, 15) is 4.79 Å². The van der Waals surface area contributed by atoms with Crippen molar-refractivity contribution in [2.24, 2.45) is 0 Å². The van der Waals surface area contributed by atoms with Crippen LogP contribution in [0.25, 0.3) is 17.0 Å². The highest BCUT2D eigenvalue weighted by molar-refractivity contribution is 5.55. The molecule has 4 rings (SSSR count). The summed E-state index contributed by atoms with van der Waals surface area (Å²) in [5.74, 6) is 1.05. The summed E-state index contributed by atoms with van der Waals surface area (Å²) in [6.07, 6.45) is 1.64. The third-order valence-corrected chi connectivity index (χ3v) is 3.54. The molecule has 0 saturated heterocycles. The van der Waals surface area contributed by atoms with Crippen molar-refractivity contribution in [3.05, 3.63) is 83.2 Å². The first kappa shape index (κ1) is 14.1. The Hall–Kier alpha value is -3.48. The minimum atomic E-state index is -0.347. The van der Waals surface area contributed by atoms with Crippen LogP contribution in [0.1, 0.15) is 5.89 Å². The predicted octanol–water partition coefficient (Wildman–Crippen LogP) is 2.13. The molecule has 2 heterocycles. The van der Waals surface area contributed by atoms with Crippen LogP contribution in [-0.2, 0) is 6.54 Å². The third-order valence-electron chi connectivity index (χ3n) is 3.54. The lowest BCUT2D eigenvalue weighted by Gasteiger charge is -1.97. The molecule has 4 aromatic rings. The summed E-state index contributed by atoms with van der Waals surface area (Å²) in [6.45, 7) is 0.124. The average molecular weight is 319 g/mol. The topological polar surface area (TPSA) is 78.7 Å². The molecular weight excluding hydrogens is 306 g/mol. The minimum absolute atomic E-state index is 0.124. The smallest absolute Gasteiger partial charge is 0.368 e. The highest BCUT2D eigenvalue weighted by atomic mass is 16.4. The van der Waals surface area contributed by atoms with E-state index < -0.39 is 0 Å². The molecule has 0 aliphatic rings. The SMILES string of the molecule is O=c1n(Cc2ncc(-c3ccccc3)o2)nnn1-c1ccccc1. The van der Waals surface area contributed by atoms with Gasteiger partial charge < -0.3 is 4.42 Å². The van der Waals surface area contributed by atoms with Crippen molar-refractivity contribution >= 4 is 0 Å². The van der Waals surface area contributed by atoms with Gasteiger partial charge in [-0.1, -0.05) is 48.5 Å². The van der Waals surface area contributed by atoms with Crippen molar-refractivity contribution in [3.8, 4) is 17.0 Å². The molecule has 0 radical (unpaired) electrons. The van der Waals surface area contributed by atoms with Crippen molar-refractivity contribution in [3.63, 3.8) is 0 Å². The zero-order valence-corrected chi connectivity index (χ0v) is 12.6. The molecule has 0 saturated carbocycles. The second kappa shape index (κ2) is 5.96. The largest absolute Gasteiger partial charge is 0.439 e. The molecule has 0 aliphatic heterocycles. The van der Waals surface area contributed by atoms with Crippen LogP contribution in [-0.4, -0.2) is 24.8 Å². The fraction of sp³-hybridized carbons (Fsp3) is 0.0588. The molecule has 118 valence electrons. The van der Waals surface area contributed by atoms with E-state index in [2.05, 4.69) is 15.4 Å². The maximum Gasteiger partial charge on any atom is 0.368 e. The van der Waals surface area contributed by atoms with Gasteiger partial charge in [0.25, 0.3) is 0 Å². The molecule has 2 aromatic heterocycles. The van der Waals surface area contributed by atoms with Crippen LogP contribution in [0.4, 0.5) is 0 Å². The first-order valence-corrected chi connectivity index (χ1v) is 7.39. The lowest BCUT2D eigenvalue weighted by Crippen LogP contribution is -2.24. The number of oxazole rings is 1. The number of tetrazole rings is 1. The number of rotatable bonds is 4. The highest BCUT2D eigenvalue weighted by Gasteiger charge is 2.12. The van der Waals surface area contributed by atoms with Crippen LogP contribution in [0.3, 0.4) is 0 Å². The van der Waals surface area contributed by atoms with E-state index in [1.807, 2.05) is 48.5 Å². The number of hydrogen-bond acceptors (Lipinski definition) is 5. The molecule has 7 nitrogen and oxygen atoms in total. The Morgan fingerprint density at radius 3 is 2.38 bits per heavy atom. The van der Waals surface area contributed by atoms with Crippen LogP contribution in [0, 0.1) is 0 Å². The summed E-state index contributed by atoms with van der Waals surface area (Å²) in [7, 11) is 0. The van der Waals surface area contributed by atoms with E-state index in [0.717, 1.165) is 5.56 Å². The summed E-state index contributed by atoms with van der Waals surface area (Å²) < 4.78 is 8.15. The van der Waals surface area contributed by atoms with E-state index in [4.69, 9.17) is 4.42 Å². The molecule has 0 unspecified atom stereocenters.